The Hall–Kier alpha value is -1.84. The second kappa shape index (κ2) is 8.50. The van der Waals surface area contributed by atoms with Gasteiger partial charge in [-0.25, -0.2) is 0 Å². The number of hydrogen-bond donors (Lipinski definition) is 1. The Kier molecular flexibility index (Phi) is 6.11. The molecule has 4 heteroatoms. The molecule has 3 rings (SSSR count). The van der Waals surface area contributed by atoms with Gasteiger partial charge in [0.25, 0.3) is 5.91 Å². The zero-order valence-corrected chi connectivity index (χ0v) is 15.3. The monoisotopic (exact) mass is 342 g/mol. The van der Waals surface area contributed by atoms with E-state index in [2.05, 4.69) is 17.4 Å². The van der Waals surface area contributed by atoms with Crippen molar-refractivity contribution in [3.05, 3.63) is 35.4 Å². The zero-order valence-electron chi connectivity index (χ0n) is 15.3. The molecule has 0 aromatic heterocycles. The SMILES string of the molecule is CC(=O)N1CCC(Cc2ccc(C(=O)NC3CCCCC3)cc2)CC1. The molecular formula is C21H30N2O2. The maximum atomic E-state index is 12.4. The topological polar surface area (TPSA) is 49.4 Å². The minimum atomic E-state index is 0.0632. The molecule has 0 atom stereocenters. The number of nitrogens with one attached hydrogen (secondary N) is 1. The Bertz CT molecular complexity index is 582. The standard InChI is InChI=1S/C21H30N2O2/c1-16(24)23-13-11-18(12-14-23)15-17-7-9-19(10-8-17)21(25)22-20-5-3-2-4-6-20/h7-10,18,20H,2-6,11-15H2,1H3,(H,22,25). The Morgan fingerprint density at radius 1 is 1.00 bits per heavy atom. The molecule has 0 bridgehead atoms. The third-order valence-electron chi connectivity index (χ3n) is 5.74. The minimum absolute atomic E-state index is 0.0632. The summed E-state index contributed by atoms with van der Waals surface area (Å²) in [5.41, 5.74) is 2.05. The van der Waals surface area contributed by atoms with Gasteiger partial charge in [-0.2, -0.15) is 0 Å². The van der Waals surface area contributed by atoms with Crippen molar-refractivity contribution < 1.29 is 9.59 Å². The van der Waals surface area contributed by atoms with Crippen LogP contribution in [0.15, 0.2) is 24.3 Å². The van der Waals surface area contributed by atoms with Gasteiger partial charge in [-0.3, -0.25) is 9.59 Å². The van der Waals surface area contributed by atoms with Crippen molar-refractivity contribution in [2.45, 2.75) is 64.3 Å². The molecule has 0 unspecified atom stereocenters. The van der Waals surface area contributed by atoms with Gasteiger partial charge in [0, 0.05) is 31.6 Å². The normalized spacial score (nSPS) is 19.6. The average Bonchev–Trinajstić information content (AvgIpc) is 2.63. The van der Waals surface area contributed by atoms with Crippen LogP contribution in [0.25, 0.3) is 0 Å². The Morgan fingerprint density at radius 3 is 2.24 bits per heavy atom. The van der Waals surface area contributed by atoms with E-state index >= 15 is 0 Å². The van der Waals surface area contributed by atoms with Crippen molar-refractivity contribution in [2.75, 3.05) is 13.1 Å². The first-order chi connectivity index (χ1) is 12.1. The van der Waals surface area contributed by atoms with Gasteiger partial charge in [-0.1, -0.05) is 31.4 Å². The van der Waals surface area contributed by atoms with Crippen molar-refractivity contribution in [3.63, 3.8) is 0 Å². The summed E-state index contributed by atoms with van der Waals surface area (Å²) in [4.78, 5) is 25.7. The molecule has 1 aromatic rings. The Morgan fingerprint density at radius 2 is 1.64 bits per heavy atom. The summed E-state index contributed by atoms with van der Waals surface area (Å²) in [6.07, 6.45) is 9.17. The highest BCUT2D eigenvalue weighted by Crippen LogP contribution is 2.22. The van der Waals surface area contributed by atoms with Crippen LogP contribution in [0.2, 0.25) is 0 Å². The molecule has 25 heavy (non-hydrogen) atoms. The van der Waals surface area contributed by atoms with E-state index in [-0.39, 0.29) is 11.8 Å². The fraction of sp³-hybridized carbons (Fsp3) is 0.619. The summed E-state index contributed by atoms with van der Waals surface area (Å²) < 4.78 is 0. The lowest BCUT2D eigenvalue weighted by atomic mass is 9.90. The molecule has 2 amide bonds. The van der Waals surface area contributed by atoms with E-state index in [1.807, 2.05) is 17.0 Å². The molecule has 2 aliphatic rings. The van der Waals surface area contributed by atoms with Crippen LogP contribution in [0.5, 0.6) is 0 Å². The lowest BCUT2D eigenvalue weighted by molar-refractivity contribution is -0.130. The van der Waals surface area contributed by atoms with E-state index in [0.29, 0.717) is 12.0 Å². The predicted octanol–water partition coefficient (Wildman–Crippen LogP) is 3.55. The van der Waals surface area contributed by atoms with Crippen LogP contribution in [-0.2, 0) is 11.2 Å². The summed E-state index contributed by atoms with van der Waals surface area (Å²) in [5, 5.41) is 3.18. The highest BCUT2D eigenvalue weighted by atomic mass is 16.2. The van der Waals surface area contributed by atoms with Crippen LogP contribution >= 0.6 is 0 Å². The number of benzene rings is 1. The van der Waals surface area contributed by atoms with Crippen molar-refractivity contribution in [3.8, 4) is 0 Å². The van der Waals surface area contributed by atoms with E-state index in [0.717, 1.165) is 50.8 Å². The smallest absolute Gasteiger partial charge is 0.251 e. The molecule has 0 spiro atoms. The highest BCUT2D eigenvalue weighted by Gasteiger charge is 2.21. The van der Waals surface area contributed by atoms with Gasteiger partial charge < -0.3 is 10.2 Å². The zero-order chi connectivity index (χ0) is 17.6. The van der Waals surface area contributed by atoms with Gasteiger partial charge in [-0.05, 0) is 55.7 Å². The number of piperidine rings is 1. The van der Waals surface area contributed by atoms with Crippen molar-refractivity contribution >= 4 is 11.8 Å². The van der Waals surface area contributed by atoms with Crippen LogP contribution in [0.3, 0.4) is 0 Å². The minimum Gasteiger partial charge on any atom is -0.349 e. The predicted molar refractivity (Wildman–Crippen MR) is 99.5 cm³/mol. The quantitative estimate of drug-likeness (QED) is 0.910. The average molecular weight is 342 g/mol. The molecular weight excluding hydrogens is 312 g/mol. The summed E-state index contributed by atoms with van der Waals surface area (Å²) in [6.45, 7) is 3.40. The maximum Gasteiger partial charge on any atom is 0.251 e. The van der Waals surface area contributed by atoms with Crippen molar-refractivity contribution in [1.29, 1.82) is 0 Å². The third kappa shape index (κ3) is 5.07. The first-order valence-corrected chi connectivity index (χ1v) is 9.77. The largest absolute Gasteiger partial charge is 0.349 e. The third-order valence-corrected chi connectivity index (χ3v) is 5.74. The van der Waals surface area contributed by atoms with Crippen LogP contribution in [0.4, 0.5) is 0 Å². The molecule has 136 valence electrons. The molecule has 1 saturated heterocycles. The Balaban J connectivity index is 1.48. The first kappa shape index (κ1) is 18.0. The molecule has 1 aliphatic heterocycles. The van der Waals surface area contributed by atoms with E-state index in [1.165, 1.54) is 24.8 Å². The molecule has 1 aromatic carbocycles. The molecule has 1 heterocycles. The molecule has 2 fully saturated rings. The number of hydrogen-bond acceptors (Lipinski definition) is 2. The van der Waals surface area contributed by atoms with Crippen LogP contribution in [0.1, 0.15) is 67.8 Å². The van der Waals surface area contributed by atoms with Gasteiger partial charge in [0.1, 0.15) is 0 Å². The molecule has 1 N–H and O–H groups in total. The van der Waals surface area contributed by atoms with Crippen LogP contribution in [-0.4, -0.2) is 35.8 Å². The second-order valence-electron chi connectivity index (χ2n) is 7.66. The number of nitrogens with zero attached hydrogens (tertiary/aromatic N) is 1. The van der Waals surface area contributed by atoms with E-state index in [1.54, 1.807) is 6.92 Å². The summed E-state index contributed by atoms with van der Waals surface area (Å²) >= 11 is 0. The van der Waals surface area contributed by atoms with E-state index in [4.69, 9.17) is 0 Å². The van der Waals surface area contributed by atoms with Gasteiger partial charge in [0.2, 0.25) is 5.91 Å². The lowest BCUT2D eigenvalue weighted by Gasteiger charge is -2.31. The molecule has 4 nitrogen and oxygen atoms in total. The van der Waals surface area contributed by atoms with Crippen molar-refractivity contribution in [2.24, 2.45) is 5.92 Å². The molecule has 0 radical (unpaired) electrons. The van der Waals surface area contributed by atoms with E-state index < -0.39 is 0 Å². The fourth-order valence-corrected chi connectivity index (χ4v) is 4.09. The van der Waals surface area contributed by atoms with Crippen LogP contribution in [0, 0.1) is 5.92 Å². The van der Waals surface area contributed by atoms with Crippen LogP contribution < -0.4 is 5.32 Å². The first-order valence-electron chi connectivity index (χ1n) is 9.77. The van der Waals surface area contributed by atoms with Gasteiger partial charge in [-0.15, -0.1) is 0 Å². The number of rotatable bonds is 4. The number of amides is 2. The summed E-state index contributed by atoms with van der Waals surface area (Å²) in [6, 6.07) is 8.45. The molecule has 1 saturated carbocycles. The number of likely N-dealkylation sites (tertiary alicyclic amines) is 1. The van der Waals surface area contributed by atoms with Crippen molar-refractivity contribution in [1.82, 2.24) is 10.2 Å². The number of carbonyl (C=O) groups excluding carboxylic acids is 2. The lowest BCUT2D eigenvalue weighted by Crippen LogP contribution is -2.37. The van der Waals surface area contributed by atoms with Gasteiger partial charge >= 0.3 is 0 Å². The summed E-state index contributed by atoms with van der Waals surface area (Å²) in [7, 11) is 0. The maximum absolute atomic E-state index is 12.4. The summed E-state index contributed by atoms with van der Waals surface area (Å²) in [5.74, 6) is 0.887. The van der Waals surface area contributed by atoms with Gasteiger partial charge in [0.05, 0.1) is 0 Å². The fourth-order valence-electron chi connectivity index (χ4n) is 4.09. The molecule has 1 aliphatic carbocycles. The highest BCUT2D eigenvalue weighted by molar-refractivity contribution is 5.94. The number of carbonyl (C=O) groups is 2. The second-order valence-corrected chi connectivity index (χ2v) is 7.66. The van der Waals surface area contributed by atoms with E-state index in [9.17, 15) is 9.59 Å². The Labute approximate surface area is 151 Å². The van der Waals surface area contributed by atoms with Gasteiger partial charge in [0.15, 0.2) is 0 Å².